The number of unbranched alkanes of at least 4 members (excludes halogenated alkanes) is 1. The van der Waals surface area contributed by atoms with Gasteiger partial charge in [-0.1, -0.05) is 26.3 Å². The second-order valence-electron chi connectivity index (χ2n) is 5.81. The molecule has 2 rings (SSSR count). The Bertz CT molecular complexity index is 503. The van der Waals surface area contributed by atoms with Crippen molar-refractivity contribution in [3.63, 3.8) is 0 Å². The highest BCUT2D eigenvalue weighted by Gasteiger charge is 2.61. The lowest BCUT2D eigenvalue weighted by Crippen LogP contribution is -2.53. The van der Waals surface area contributed by atoms with Crippen LogP contribution in [-0.4, -0.2) is 41.6 Å². The first-order valence-corrected chi connectivity index (χ1v) is 7.90. The first-order chi connectivity index (χ1) is 10.8. The van der Waals surface area contributed by atoms with E-state index in [9.17, 15) is 18.0 Å². The molecule has 2 heterocycles. The van der Waals surface area contributed by atoms with E-state index in [1.807, 2.05) is 6.92 Å². The number of hydrogen-bond donors (Lipinski definition) is 0. The summed E-state index contributed by atoms with van der Waals surface area (Å²) in [5.41, 5.74) is -2.53. The lowest BCUT2D eigenvalue weighted by atomic mass is 10.0. The molecule has 2 aliphatic rings. The van der Waals surface area contributed by atoms with Crippen molar-refractivity contribution in [2.24, 2.45) is 0 Å². The molecule has 0 aromatic carbocycles. The van der Waals surface area contributed by atoms with Gasteiger partial charge in [0.1, 0.15) is 0 Å². The Morgan fingerprint density at radius 2 is 2.09 bits per heavy atom. The Kier molecular flexibility index (Phi) is 5.08. The van der Waals surface area contributed by atoms with Crippen molar-refractivity contribution in [3.8, 4) is 0 Å². The fraction of sp³-hybridized carbons (Fsp3) is 0.688. The Morgan fingerprint density at radius 3 is 2.65 bits per heavy atom. The second kappa shape index (κ2) is 6.55. The van der Waals surface area contributed by atoms with Crippen LogP contribution in [0.15, 0.2) is 24.3 Å². The van der Waals surface area contributed by atoms with Crippen molar-refractivity contribution in [3.05, 3.63) is 24.3 Å². The van der Waals surface area contributed by atoms with E-state index in [4.69, 9.17) is 9.47 Å². The molecule has 1 fully saturated rings. The molecule has 1 spiro atoms. The van der Waals surface area contributed by atoms with E-state index in [0.29, 0.717) is 19.5 Å². The Balaban J connectivity index is 2.14. The predicted octanol–water partition coefficient (Wildman–Crippen LogP) is 4.18. The molecule has 1 amide bonds. The summed E-state index contributed by atoms with van der Waals surface area (Å²) in [6, 6.07) is 0. The number of nitrogens with zero attached hydrogens (tertiary/aromatic N) is 1. The van der Waals surface area contributed by atoms with E-state index in [-0.39, 0.29) is 6.42 Å². The zero-order valence-corrected chi connectivity index (χ0v) is 13.4. The standard InChI is InChI=1S/C16H22F3NO3/c1-3-5-7-14(16(17,18)19)8-9-15(23-14)10-12-20(11-6-4-2)13(21)22-15/h5,7-9H,3-4,6,10-12H2,1-2H3. The zero-order valence-electron chi connectivity index (χ0n) is 13.4. The molecule has 0 bridgehead atoms. The lowest BCUT2D eigenvalue weighted by molar-refractivity contribution is -0.299. The van der Waals surface area contributed by atoms with Gasteiger partial charge in [0.25, 0.3) is 0 Å². The van der Waals surface area contributed by atoms with Crippen molar-refractivity contribution < 1.29 is 27.4 Å². The summed E-state index contributed by atoms with van der Waals surface area (Å²) in [6.45, 7) is 4.59. The van der Waals surface area contributed by atoms with Crippen LogP contribution in [-0.2, 0) is 9.47 Å². The van der Waals surface area contributed by atoms with E-state index < -0.39 is 23.7 Å². The minimum Gasteiger partial charge on any atom is -0.413 e. The fourth-order valence-corrected chi connectivity index (χ4v) is 2.62. The molecule has 0 aliphatic carbocycles. The van der Waals surface area contributed by atoms with Crippen LogP contribution in [0.4, 0.5) is 18.0 Å². The van der Waals surface area contributed by atoms with Gasteiger partial charge in [0.2, 0.25) is 11.4 Å². The van der Waals surface area contributed by atoms with E-state index in [2.05, 4.69) is 0 Å². The molecule has 0 aromatic heterocycles. The highest BCUT2D eigenvalue weighted by molar-refractivity contribution is 5.69. The van der Waals surface area contributed by atoms with Gasteiger partial charge in [-0.05, 0) is 31.1 Å². The number of ether oxygens (including phenoxy) is 2. The molecule has 0 N–H and O–H groups in total. The normalized spacial score (nSPS) is 31.3. The summed E-state index contributed by atoms with van der Waals surface area (Å²) in [7, 11) is 0. The van der Waals surface area contributed by atoms with E-state index >= 15 is 0 Å². The highest BCUT2D eigenvalue weighted by Crippen LogP contribution is 2.46. The number of carbonyl (C=O) groups is 1. The van der Waals surface area contributed by atoms with Gasteiger partial charge in [-0.2, -0.15) is 13.2 Å². The molecule has 130 valence electrons. The predicted molar refractivity (Wildman–Crippen MR) is 78.8 cm³/mol. The topological polar surface area (TPSA) is 38.8 Å². The molecule has 2 aliphatic heterocycles. The van der Waals surface area contributed by atoms with Crippen LogP contribution in [0.5, 0.6) is 0 Å². The highest BCUT2D eigenvalue weighted by atomic mass is 19.4. The number of alkyl halides is 3. The van der Waals surface area contributed by atoms with Gasteiger partial charge < -0.3 is 14.4 Å². The van der Waals surface area contributed by atoms with Crippen molar-refractivity contribution in [2.45, 2.75) is 57.1 Å². The molecule has 2 atom stereocenters. The van der Waals surface area contributed by atoms with Gasteiger partial charge in [0, 0.05) is 19.5 Å². The van der Waals surface area contributed by atoms with Gasteiger partial charge in [0.05, 0.1) is 0 Å². The molecule has 0 aromatic rings. The van der Waals surface area contributed by atoms with Crippen molar-refractivity contribution in [1.29, 1.82) is 0 Å². The summed E-state index contributed by atoms with van der Waals surface area (Å²) in [4.78, 5) is 13.5. The van der Waals surface area contributed by atoms with Crippen LogP contribution in [0.2, 0.25) is 0 Å². The maximum absolute atomic E-state index is 13.4. The van der Waals surface area contributed by atoms with Crippen LogP contribution in [0.1, 0.15) is 39.5 Å². The van der Waals surface area contributed by atoms with Crippen molar-refractivity contribution in [1.82, 2.24) is 4.90 Å². The molecule has 0 radical (unpaired) electrons. The summed E-state index contributed by atoms with van der Waals surface area (Å²) in [5.74, 6) is -1.63. The van der Waals surface area contributed by atoms with Gasteiger partial charge in [-0.25, -0.2) is 4.79 Å². The summed E-state index contributed by atoms with van der Waals surface area (Å²) in [6.07, 6.45) is 1.66. The average molecular weight is 333 g/mol. The Labute approximate surface area is 133 Å². The first kappa shape index (κ1) is 17.8. The molecular formula is C16H22F3NO3. The van der Waals surface area contributed by atoms with Crippen LogP contribution in [0, 0.1) is 0 Å². The third kappa shape index (κ3) is 3.54. The van der Waals surface area contributed by atoms with Crippen molar-refractivity contribution in [2.75, 3.05) is 13.1 Å². The second-order valence-corrected chi connectivity index (χ2v) is 5.81. The van der Waals surface area contributed by atoms with E-state index in [0.717, 1.165) is 25.0 Å². The van der Waals surface area contributed by atoms with Gasteiger partial charge >= 0.3 is 12.3 Å². The maximum Gasteiger partial charge on any atom is 0.424 e. The quantitative estimate of drug-likeness (QED) is 0.709. The molecule has 0 saturated carbocycles. The summed E-state index contributed by atoms with van der Waals surface area (Å²) < 4.78 is 50.8. The minimum atomic E-state index is -4.62. The molecule has 23 heavy (non-hydrogen) atoms. The Morgan fingerprint density at radius 1 is 1.35 bits per heavy atom. The molecule has 7 heteroatoms. The van der Waals surface area contributed by atoms with Gasteiger partial charge in [0.15, 0.2) is 0 Å². The smallest absolute Gasteiger partial charge is 0.413 e. The molecular weight excluding hydrogens is 311 g/mol. The summed E-state index contributed by atoms with van der Waals surface area (Å²) in [5, 5.41) is 0. The monoisotopic (exact) mass is 333 g/mol. The van der Waals surface area contributed by atoms with Crippen LogP contribution in [0.25, 0.3) is 0 Å². The van der Waals surface area contributed by atoms with Crippen LogP contribution in [0.3, 0.4) is 0 Å². The van der Waals surface area contributed by atoms with Gasteiger partial charge in [-0.3, -0.25) is 0 Å². The first-order valence-electron chi connectivity index (χ1n) is 7.90. The van der Waals surface area contributed by atoms with E-state index in [1.165, 1.54) is 17.1 Å². The van der Waals surface area contributed by atoms with Crippen molar-refractivity contribution >= 4 is 6.09 Å². The number of rotatable bonds is 5. The fourth-order valence-electron chi connectivity index (χ4n) is 2.62. The third-order valence-electron chi connectivity index (χ3n) is 4.00. The lowest BCUT2D eigenvalue weighted by Gasteiger charge is -2.40. The maximum atomic E-state index is 13.4. The number of carbonyl (C=O) groups excluding carboxylic acids is 1. The largest absolute Gasteiger partial charge is 0.424 e. The van der Waals surface area contributed by atoms with Gasteiger partial charge in [-0.15, -0.1) is 0 Å². The number of amides is 1. The summed E-state index contributed by atoms with van der Waals surface area (Å²) >= 11 is 0. The number of halogens is 3. The minimum absolute atomic E-state index is 0.177. The van der Waals surface area contributed by atoms with E-state index in [1.54, 1.807) is 6.92 Å². The Hall–Kier alpha value is -1.50. The zero-order chi connectivity index (χ0) is 17.1. The number of hydrogen-bond acceptors (Lipinski definition) is 3. The number of allylic oxidation sites excluding steroid dienone is 1. The molecule has 1 saturated heterocycles. The van der Waals surface area contributed by atoms with Crippen LogP contribution < -0.4 is 0 Å². The molecule has 2 unspecified atom stereocenters. The average Bonchev–Trinajstić information content (AvgIpc) is 2.84. The molecule has 4 nitrogen and oxygen atoms in total. The SMILES string of the molecule is CCC=CC1(C(F)(F)F)C=CC2(CCN(CCCC)C(=O)O2)O1. The van der Waals surface area contributed by atoms with Crippen LogP contribution >= 0.6 is 0 Å². The third-order valence-corrected chi connectivity index (χ3v) is 4.00.